The quantitative estimate of drug-likeness (QED) is 0.754. The summed E-state index contributed by atoms with van der Waals surface area (Å²) in [5.74, 6) is 0.00890. The highest BCUT2D eigenvalue weighted by atomic mass is 16.1. The zero-order valence-corrected chi connectivity index (χ0v) is 13.0. The average molecular weight is 289 g/mol. The number of carbonyl (C=O) groups excluding carboxylic acids is 1. The summed E-state index contributed by atoms with van der Waals surface area (Å²) in [6.45, 7) is 6.38. The number of hydrogen-bond acceptors (Lipinski definition) is 3. The number of H-pyrrole nitrogens is 1. The van der Waals surface area contributed by atoms with Gasteiger partial charge in [-0.1, -0.05) is 19.8 Å². The van der Waals surface area contributed by atoms with Crippen molar-refractivity contribution in [2.24, 2.45) is 0 Å². The van der Waals surface area contributed by atoms with Crippen molar-refractivity contribution >= 4 is 5.91 Å². The van der Waals surface area contributed by atoms with E-state index in [1.54, 1.807) is 13.8 Å². The van der Waals surface area contributed by atoms with E-state index in [2.05, 4.69) is 17.2 Å². The van der Waals surface area contributed by atoms with E-state index < -0.39 is 0 Å². The van der Waals surface area contributed by atoms with Crippen LogP contribution in [0.5, 0.6) is 0 Å². The standard InChI is InChI=1S/C16H23N3O2/c1-4-5-6-9-18-15(20)8-7-13-11(2)14(10-17)16(21)19-12(13)3/h4-9H2,1-3H3,(H,18,20)(H,19,21). The molecule has 0 bridgehead atoms. The highest BCUT2D eigenvalue weighted by molar-refractivity contribution is 5.76. The molecule has 0 aliphatic rings. The molecular formula is C16H23N3O2. The fraction of sp³-hybridized carbons (Fsp3) is 0.562. The second-order valence-corrected chi connectivity index (χ2v) is 5.23. The molecule has 1 rings (SSSR count). The molecular weight excluding hydrogens is 266 g/mol. The lowest BCUT2D eigenvalue weighted by molar-refractivity contribution is -0.121. The summed E-state index contributed by atoms with van der Waals surface area (Å²) in [7, 11) is 0. The maximum Gasteiger partial charge on any atom is 0.266 e. The summed E-state index contributed by atoms with van der Waals surface area (Å²) in [6.07, 6.45) is 4.14. The predicted octanol–water partition coefficient (Wildman–Crippen LogP) is 2.10. The Kier molecular flexibility index (Phi) is 6.67. The molecule has 0 radical (unpaired) electrons. The minimum Gasteiger partial charge on any atom is -0.356 e. The number of unbranched alkanes of at least 4 members (excludes halogenated alkanes) is 2. The summed E-state index contributed by atoms with van der Waals surface area (Å²) < 4.78 is 0. The Bertz CT molecular complexity index is 597. The van der Waals surface area contributed by atoms with Crippen LogP contribution in [0.3, 0.4) is 0 Å². The maximum absolute atomic E-state index is 11.8. The Labute approximate surface area is 125 Å². The smallest absolute Gasteiger partial charge is 0.266 e. The first kappa shape index (κ1) is 17.0. The first-order valence-corrected chi connectivity index (χ1v) is 7.40. The SMILES string of the molecule is CCCCCNC(=O)CCc1c(C)[nH]c(=O)c(C#N)c1C. The third kappa shape index (κ3) is 4.75. The molecule has 1 aromatic rings. The van der Waals surface area contributed by atoms with Gasteiger partial charge in [-0.3, -0.25) is 9.59 Å². The molecule has 0 aliphatic carbocycles. The van der Waals surface area contributed by atoms with Crippen LogP contribution in [-0.2, 0) is 11.2 Å². The van der Waals surface area contributed by atoms with Gasteiger partial charge in [-0.25, -0.2) is 0 Å². The van der Waals surface area contributed by atoms with Crippen molar-refractivity contribution in [1.82, 2.24) is 10.3 Å². The molecule has 21 heavy (non-hydrogen) atoms. The second kappa shape index (κ2) is 8.25. The van der Waals surface area contributed by atoms with Gasteiger partial charge in [-0.05, 0) is 37.8 Å². The first-order valence-electron chi connectivity index (χ1n) is 7.40. The molecule has 0 atom stereocenters. The van der Waals surface area contributed by atoms with Crippen molar-refractivity contribution in [1.29, 1.82) is 5.26 Å². The van der Waals surface area contributed by atoms with Crippen molar-refractivity contribution in [3.63, 3.8) is 0 Å². The van der Waals surface area contributed by atoms with E-state index >= 15 is 0 Å². The van der Waals surface area contributed by atoms with E-state index in [0.717, 1.165) is 30.5 Å². The molecule has 0 unspecified atom stereocenters. The summed E-state index contributed by atoms with van der Waals surface area (Å²) in [4.78, 5) is 26.1. The number of nitrogens with zero attached hydrogens (tertiary/aromatic N) is 1. The lowest BCUT2D eigenvalue weighted by Gasteiger charge is -2.11. The molecule has 0 fully saturated rings. The molecule has 114 valence electrons. The number of amides is 1. The molecule has 1 amide bonds. The van der Waals surface area contributed by atoms with Crippen LogP contribution in [0.1, 0.15) is 55.0 Å². The van der Waals surface area contributed by atoms with E-state index in [9.17, 15) is 9.59 Å². The number of carbonyl (C=O) groups is 1. The number of nitrogens with one attached hydrogen (secondary N) is 2. The maximum atomic E-state index is 11.8. The second-order valence-electron chi connectivity index (χ2n) is 5.23. The van der Waals surface area contributed by atoms with Crippen LogP contribution in [-0.4, -0.2) is 17.4 Å². The number of aromatic amines is 1. The molecule has 0 saturated carbocycles. The molecule has 1 heterocycles. The van der Waals surface area contributed by atoms with Crippen molar-refractivity contribution in [2.45, 2.75) is 52.9 Å². The van der Waals surface area contributed by atoms with E-state index in [-0.39, 0.29) is 17.0 Å². The zero-order chi connectivity index (χ0) is 15.8. The van der Waals surface area contributed by atoms with E-state index in [1.165, 1.54) is 0 Å². The predicted molar refractivity (Wildman–Crippen MR) is 82.1 cm³/mol. The van der Waals surface area contributed by atoms with Crippen molar-refractivity contribution < 1.29 is 4.79 Å². The van der Waals surface area contributed by atoms with Gasteiger partial charge < -0.3 is 10.3 Å². The number of aryl methyl sites for hydroxylation is 1. The van der Waals surface area contributed by atoms with Gasteiger partial charge in [0.25, 0.3) is 5.56 Å². The fourth-order valence-corrected chi connectivity index (χ4v) is 2.35. The number of aromatic nitrogens is 1. The Morgan fingerprint density at radius 2 is 2.05 bits per heavy atom. The first-order chi connectivity index (χ1) is 10.0. The van der Waals surface area contributed by atoms with Gasteiger partial charge >= 0.3 is 0 Å². The lowest BCUT2D eigenvalue weighted by atomic mass is 9.99. The topological polar surface area (TPSA) is 85.8 Å². The minimum atomic E-state index is -0.361. The van der Waals surface area contributed by atoms with Gasteiger partial charge in [0, 0.05) is 18.7 Å². The van der Waals surface area contributed by atoms with Crippen LogP contribution in [0.15, 0.2) is 4.79 Å². The van der Waals surface area contributed by atoms with Crippen LogP contribution in [0.2, 0.25) is 0 Å². The largest absolute Gasteiger partial charge is 0.356 e. The molecule has 2 N–H and O–H groups in total. The Balaban J connectivity index is 2.66. The third-order valence-electron chi connectivity index (χ3n) is 3.62. The van der Waals surface area contributed by atoms with Crippen LogP contribution < -0.4 is 10.9 Å². The fourth-order valence-electron chi connectivity index (χ4n) is 2.35. The third-order valence-corrected chi connectivity index (χ3v) is 3.62. The molecule has 0 aromatic carbocycles. The van der Waals surface area contributed by atoms with Crippen LogP contribution in [0.4, 0.5) is 0 Å². The van der Waals surface area contributed by atoms with Gasteiger partial charge in [-0.15, -0.1) is 0 Å². The van der Waals surface area contributed by atoms with Gasteiger partial charge in [0.15, 0.2) is 0 Å². The summed E-state index contributed by atoms with van der Waals surface area (Å²) in [6, 6.07) is 1.92. The zero-order valence-electron chi connectivity index (χ0n) is 13.0. The highest BCUT2D eigenvalue weighted by Crippen LogP contribution is 2.14. The molecule has 5 nitrogen and oxygen atoms in total. The summed E-state index contributed by atoms with van der Waals surface area (Å²) in [5, 5.41) is 11.9. The summed E-state index contributed by atoms with van der Waals surface area (Å²) in [5.41, 5.74) is 2.07. The Hall–Kier alpha value is -2.09. The van der Waals surface area contributed by atoms with E-state index in [1.807, 2.05) is 6.07 Å². The molecule has 5 heteroatoms. The lowest BCUT2D eigenvalue weighted by Crippen LogP contribution is -2.25. The number of nitriles is 1. The monoisotopic (exact) mass is 289 g/mol. The average Bonchev–Trinajstić information content (AvgIpc) is 2.43. The molecule has 0 saturated heterocycles. The Morgan fingerprint density at radius 1 is 1.33 bits per heavy atom. The number of hydrogen-bond donors (Lipinski definition) is 2. The van der Waals surface area contributed by atoms with Crippen molar-refractivity contribution in [3.8, 4) is 6.07 Å². The van der Waals surface area contributed by atoms with Crippen LogP contribution in [0.25, 0.3) is 0 Å². The van der Waals surface area contributed by atoms with Crippen molar-refractivity contribution in [3.05, 3.63) is 32.7 Å². The van der Waals surface area contributed by atoms with E-state index in [0.29, 0.717) is 24.9 Å². The normalized spacial score (nSPS) is 10.2. The van der Waals surface area contributed by atoms with Crippen LogP contribution >= 0.6 is 0 Å². The van der Waals surface area contributed by atoms with Crippen LogP contribution in [0, 0.1) is 25.2 Å². The number of pyridine rings is 1. The van der Waals surface area contributed by atoms with Gasteiger partial charge in [0.05, 0.1) is 0 Å². The van der Waals surface area contributed by atoms with Crippen molar-refractivity contribution in [2.75, 3.05) is 6.54 Å². The Morgan fingerprint density at radius 3 is 2.67 bits per heavy atom. The number of rotatable bonds is 7. The minimum absolute atomic E-state index is 0.00890. The van der Waals surface area contributed by atoms with Gasteiger partial charge in [0.1, 0.15) is 11.6 Å². The molecule has 0 spiro atoms. The van der Waals surface area contributed by atoms with E-state index in [4.69, 9.17) is 5.26 Å². The van der Waals surface area contributed by atoms with Gasteiger partial charge in [0.2, 0.25) is 5.91 Å². The molecule has 1 aromatic heterocycles. The highest BCUT2D eigenvalue weighted by Gasteiger charge is 2.13. The van der Waals surface area contributed by atoms with Gasteiger partial charge in [-0.2, -0.15) is 5.26 Å². The summed E-state index contributed by atoms with van der Waals surface area (Å²) >= 11 is 0. The molecule has 0 aliphatic heterocycles.